The van der Waals surface area contributed by atoms with Gasteiger partial charge in [0.05, 0.1) is 20.0 Å². The molecule has 1 unspecified atom stereocenters. The van der Waals surface area contributed by atoms with Crippen molar-refractivity contribution in [2.75, 3.05) is 13.7 Å². The van der Waals surface area contributed by atoms with Gasteiger partial charge >= 0.3 is 0 Å². The molecule has 3 rings (SSSR count). The van der Waals surface area contributed by atoms with E-state index in [1.807, 2.05) is 10.8 Å². The Labute approximate surface area is 186 Å². The van der Waals surface area contributed by atoms with Crippen molar-refractivity contribution < 1.29 is 18.7 Å². The summed E-state index contributed by atoms with van der Waals surface area (Å²) in [5, 5.41) is 0.288. The molecule has 0 spiro atoms. The number of rotatable bonds is 10. The minimum Gasteiger partial charge on any atom is -0.497 e. The summed E-state index contributed by atoms with van der Waals surface area (Å²) in [6, 6.07) is 11.5. The van der Waals surface area contributed by atoms with Gasteiger partial charge in [-0.3, -0.25) is 4.79 Å². The number of benzene rings is 2. The lowest BCUT2D eigenvalue weighted by Gasteiger charge is -2.27. The summed E-state index contributed by atoms with van der Waals surface area (Å²) in [7, 11) is 1.58. The summed E-state index contributed by atoms with van der Waals surface area (Å²) in [4.78, 5) is 18.8. The Kier molecular flexibility index (Phi) is 7.89. The maximum atomic E-state index is 14.4. The number of aromatic nitrogens is 2. The number of carbonyl (C=O) groups excluding carboxylic acids is 1. The predicted molar refractivity (Wildman–Crippen MR) is 117 cm³/mol. The molecule has 8 heteroatoms. The Morgan fingerprint density at radius 3 is 2.61 bits per heavy atom. The first-order valence-corrected chi connectivity index (χ1v) is 10.3. The van der Waals surface area contributed by atoms with Crippen LogP contribution in [-0.2, 0) is 17.9 Å². The summed E-state index contributed by atoms with van der Waals surface area (Å²) >= 11 is 6.20. The number of hydrogen-bond acceptors (Lipinski definition) is 4. The fraction of sp³-hybridized carbons (Fsp3) is 0.304. The smallest absolute Gasteiger partial charge is 0.263 e. The molecule has 0 bridgehead atoms. The molecular formula is C23H25ClFN3O3. The van der Waals surface area contributed by atoms with E-state index in [1.165, 1.54) is 6.07 Å². The Bertz CT molecular complexity index is 960. The summed E-state index contributed by atoms with van der Waals surface area (Å²) in [5.74, 6) is 0.551. The van der Waals surface area contributed by atoms with E-state index >= 15 is 0 Å². The van der Waals surface area contributed by atoms with Crippen LogP contribution in [0.3, 0.4) is 0 Å². The van der Waals surface area contributed by atoms with E-state index in [4.69, 9.17) is 21.1 Å². The van der Waals surface area contributed by atoms with Crippen LogP contribution >= 0.6 is 11.6 Å². The number of aryl methyl sites for hydroxylation is 1. The fourth-order valence-corrected chi connectivity index (χ4v) is 3.39. The van der Waals surface area contributed by atoms with E-state index in [-0.39, 0.29) is 23.0 Å². The van der Waals surface area contributed by atoms with Crippen LogP contribution in [0.5, 0.6) is 11.5 Å². The molecule has 2 aromatic carbocycles. The van der Waals surface area contributed by atoms with Gasteiger partial charge in [-0.15, -0.1) is 0 Å². The van der Waals surface area contributed by atoms with E-state index in [0.29, 0.717) is 31.0 Å². The van der Waals surface area contributed by atoms with E-state index in [2.05, 4.69) is 4.98 Å². The molecule has 0 aliphatic rings. The third kappa shape index (κ3) is 6.21. The van der Waals surface area contributed by atoms with Gasteiger partial charge in [-0.2, -0.15) is 0 Å². The Morgan fingerprint density at radius 2 is 1.97 bits per heavy atom. The summed E-state index contributed by atoms with van der Waals surface area (Å²) < 4.78 is 27.2. The minimum atomic E-state index is -0.757. The molecule has 3 aromatic rings. The highest BCUT2D eigenvalue weighted by Crippen LogP contribution is 2.23. The average Bonchev–Trinajstić information content (AvgIpc) is 3.28. The van der Waals surface area contributed by atoms with Crippen molar-refractivity contribution in [2.45, 2.75) is 32.5 Å². The third-order valence-corrected chi connectivity index (χ3v) is 5.20. The monoisotopic (exact) mass is 445 g/mol. The Hall–Kier alpha value is -3.06. The molecule has 1 amide bonds. The van der Waals surface area contributed by atoms with Crippen molar-refractivity contribution in [2.24, 2.45) is 0 Å². The summed E-state index contributed by atoms with van der Waals surface area (Å²) in [5.41, 5.74) is 0.289. The lowest BCUT2D eigenvalue weighted by Crippen LogP contribution is -2.41. The molecule has 0 saturated heterocycles. The average molecular weight is 446 g/mol. The van der Waals surface area contributed by atoms with Crippen molar-refractivity contribution in [3.8, 4) is 11.5 Å². The van der Waals surface area contributed by atoms with Crippen molar-refractivity contribution in [1.29, 1.82) is 0 Å². The van der Waals surface area contributed by atoms with Crippen molar-refractivity contribution >= 4 is 17.5 Å². The summed E-state index contributed by atoms with van der Waals surface area (Å²) in [6.45, 7) is 2.84. The van der Waals surface area contributed by atoms with Gasteiger partial charge in [-0.05, 0) is 49.7 Å². The highest BCUT2D eigenvalue weighted by Gasteiger charge is 2.24. The van der Waals surface area contributed by atoms with Crippen LogP contribution < -0.4 is 9.47 Å². The van der Waals surface area contributed by atoms with Gasteiger partial charge in [0.2, 0.25) is 0 Å². The van der Waals surface area contributed by atoms with E-state index in [0.717, 1.165) is 0 Å². The molecule has 0 aliphatic heterocycles. The van der Waals surface area contributed by atoms with Crippen LogP contribution in [0.15, 0.2) is 61.2 Å². The largest absolute Gasteiger partial charge is 0.497 e. The molecule has 31 heavy (non-hydrogen) atoms. The number of nitrogens with zero attached hydrogens (tertiary/aromatic N) is 3. The Morgan fingerprint density at radius 1 is 1.23 bits per heavy atom. The standard InChI is InChI=1S/C23H25ClFN3O3/c1-17(31-19-9-7-18(30-2)8-10-19)23(29)28(13-4-12-27-14-11-26-16-27)15-20-21(24)5-3-6-22(20)25/h3,5-11,14,16-17H,4,12-13,15H2,1-2H3. The molecule has 0 saturated carbocycles. The zero-order chi connectivity index (χ0) is 22.2. The second-order valence-electron chi connectivity index (χ2n) is 7.05. The van der Waals surface area contributed by atoms with Crippen molar-refractivity contribution in [3.63, 3.8) is 0 Å². The van der Waals surface area contributed by atoms with Crippen molar-refractivity contribution in [1.82, 2.24) is 14.5 Å². The lowest BCUT2D eigenvalue weighted by atomic mass is 10.1. The molecule has 0 radical (unpaired) electrons. The highest BCUT2D eigenvalue weighted by molar-refractivity contribution is 6.31. The lowest BCUT2D eigenvalue weighted by molar-refractivity contribution is -0.138. The van der Waals surface area contributed by atoms with E-state index < -0.39 is 11.9 Å². The predicted octanol–water partition coefficient (Wildman–Crippen LogP) is 4.57. The fourth-order valence-electron chi connectivity index (χ4n) is 3.17. The van der Waals surface area contributed by atoms with Crippen LogP contribution in [0.1, 0.15) is 18.9 Å². The molecule has 164 valence electrons. The summed E-state index contributed by atoms with van der Waals surface area (Å²) in [6.07, 6.45) is 5.19. The molecule has 0 fully saturated rings. The number of halogens is 2. The van der Waals surface area contributed by atoms with E-state index in [9.17, 15) is 9.18 Å². The van der Waals surface area contributed by atoms with Gasteiger partial charge in [-0.25, -0.2) is 9.37 Å². The molecule has 6 nitrogen and oxygen atoms in total. The normalized spacial score (nSPS) is 11.7. The van der Waals surface area contributed by atoms with Crippen LogP contribution in [-0.4, -0.2) is 40.1 Å². The first kappa shape index (κ1) is 22.6. The van der Waals surface area contributed by atoms with Crippen LogP contribution in [0.25, 0.3) is 0 Å². The second kappa shape index (κ2) is 10.8. The second-order valence-corrected chi connectivity index (χ2v) is 7.46. The number of carbonyl (C=O) groups is 1. The first-order valence-electron chi connectivity index (χ1n) is 9.96. The van der Waals surface area contributed by atoms with Crippen LogP contribution in [0.4, 0.5) is 4.39 Å². The van der Waals surface area contributed by atoms with Gasteiger partial charge in [0.15, 0.2) is 6.10 Å². The molecule has 0 aliphatic carbocycles. The first-order chi connectivity index (χ1) is 15.0. The van der Waals surface area contributed by atoms with Gasteiger partial charge < -0.3 is 18.9 Å². The van der Waals surface area contributed by atoms with Crippen LogP contribution in [0, 0.1) is 5.82 Å². The molecular weight excluding hydrogens is 421 g/mol. The van der Waals surface area contributed by atoms with E-state index in [1.54, 1.807) is 67.9 Å². The molecule has 1 heterocycles. The third-order valence-electron chi connectivity index (χ3n) is 4.85. The van der Waals surface area contributed by atoms with Crippen molar-refractivity contribution in [3.05, 3.63) is 77.6 Å². The number of methoxy groups -OCH3 is 1. The Balaban J connectivity index is 1.71. The van der Waals surface area contributed by atoms with Gasteiger partial charge in [0.1, 0.15) is 17.3 Å². The van der Waals surface area contributed by atoms with Gasteiger partial charge in [0, 0.05) is 36.1 Å². The van der Waals surface area contributed by atoms with Gasteiger partial charge in [0.25, 0.3) is 5.91 Å². The highest BCUT2D eigenvalue weighted by atomic mass is 35.5. The number of amides is 1. The maximum absolute atomic E-state index is 14.4. The number of ether oxygens (including phenoxy) is 2. The number of imidazole rings is 1. The molecule has 1 atom stereocenters. The zero-order valence-electron chi connectivity index (χ0n) is 17.5. The van der Waals surface area contributed by atoms with Crippen LogP contribution in [0.2, 0.25) is 5.02 Å². The molecule has 1 aromatic heterocycles. The zero-order valence-corrected chi connectivity index (χ0v) is 18.3. The quantitative estimate of drug-likeness (QED) is 0.458. The maximum Gasteiger partial charge on any atom is 0.263 e. The van der Waals surface area contributed by atoms with Gasteiger partial charge in [-0.1, -0.05) is 17.7 Å². The SMILES string of the molecule is COc1ccc(OC(C)C(=O)N(CCCn2ccnc2)Cc2c(F)cccc2Cl)cc1. The number of hydrogen-bond donors (Lipinski definition) is 0. The topological polar surface area (TPSA) is 56.6 Å². The minimum absolute atomic E-state index is 0.0601. The molecule has 0 N–H and O–H groups in total.